The zero-order valence-electron chi connectivity index (χ0n) is 12.3. The molecular weight excluding hydrogens is 304 g/mol. The number of hydrogen-bond acceptors (Lipinski definition) is 5. The zero-order chi connectivity index (χ0) is 15.2. The lowest BCUT2D eigenvalue weighted by Gasteiger charge is -2.06. The van der Waals surface area contributed by atoms with Gasteiger partial charge in [-0.2, -0.15) is 11.8 Å². The lowest BCUT2D eigenvalue weighted by Crippen LogP contribution is -2.21. The Morgan fingerprint density at radius 3 is 2.76 bits per heavy atom. The van der Waals surface area contributed by atoms with E-state index in [1.54, 1.807) is 0 Å². The van der Waals surface area contributed by atoms with Gasteiger partial charge < -0.3 is 10.1 Å². The topological polar surface area (TPSA) is 51.2 Å². The van der Waals surface area contributed by atoms with Crippen LogP contribution in [0.2, 0.25) is 0 Å². The first kappa shape index (κ1) is 15.9. The fraction of sp³-hybridized carbons (Fsp3) is 0.333. The van der Waals surface area contributed by atoms with E-state index >= 15 is 0 Å². The predicted octanol–water partition coefficient (Wildman–Crippen LogP) is 3.90. The third kappa shape index (κ3) is 4.22. The monoisotopic (exact) mass is 322 g/mol. The van der Waals surface area contributed by atoms with Gasteiger partial charge in [-0.25, -0.2) is 4.98 Å². The van der Waals surface area contributed by atoms with Crippen molar-refractivity contribution < 1.29 is 9.53 Å². The van der Waals surface area contributed by atoms with Crippen molar-refractivity contribution in [3.63, 3.8) is 0 Å². The minimum absolute atomic E-state index is 0.0184. The number of rotatable bonds is 6. The first-order valence-corrected chi connectivity index (χ1v) is 8.83. The predicted molar refractivity (Wildman–Crippen MR) is 90.3 cm³/mol. The highest BCUT2D eigenvalue weighted by atomic mass is 32.2. The van der Waals surface area contributed by atoms with E-state index in [2.05, 4.69) is 10.3 Å². The smallest absolute Gasteiger partial charge is 0.238 e. The molecule has 1 unspecified atom stereocenters. The number of amides is 1. The lowest BCUT2D eigenvalue weighted by atomic mass is 10.2. The highest BCUT2D eigenvalue weighted by Crippen LogP contribution is 2.26. The second-order valence-corrected chi connectivity index (χ2v) is 6.40. The fourth-order valence-electron chi connectivity index (χ4n) is 1.67. The number of aromatic nitrogens is 1. The maximum Gasteiger partial charge on any atom is 0.238 e. The van der Waals surface area contributed by atoms with Crippen LogP contribution in [-0.4, -0.2) is 29.0 Å². The van der Waals surface area contributed by atoms with Crippen LogP contribution in [0.4, 0.5) is 5.13 Å². The Kier molecular flexibility index (Phi) is 5.64. The summed E-state index contributed by atoms with van der Waals surface area (Å²) in [5.41, 5.74) is 1.86. The standard InChI is InChI=1S/C15H18N2O2S2/c1-4-19-12-7-5-11(6-8-12)13-9-21-15(16-13)17-14(18)10(2)20-3/h5-10H,4H2,1-3H3,(H,16,17,18). The molecule has 1 N–H and O–H groups in total. The molecule has 0 saturated heterocycles. The number of nitrogens with one attached hydrogen (secondary N) is 1. The molecule has 112 valence electrons. The van der Waals surface area contributed by atoms with E-state index in [0.717, 1.165) is 17.0 Å². The lowest BCUT2D eigenvalue weighted by molar-refractivity contribution is -0.115. The second-order valence-electron chi connectivity index (χ2n) is 4.36. The van der Waals surface area contributed by atoms with Crippen LogP contribution in [0.25, 0.3) is 11.3 Å². The molecule has 1 aromatic heterocycles. The molecule has 4 nitrogen and oxygen atoms in total. The average molecular weight is 322 g/mol. The number of carbonyl (C=O) groups excluding carboxylic acids is 1. The van der Waals surface area contributed by atoms with Crippen LogP contribution in [0.1, 0.15) is 13.8 Å². The maximum absolute atomic E-state index is 11.8. The highest BCUT2D eigenvalue weighted by molar-refractivity contribution is 7.99. The number of ether oxygens (including phenoxy) is 1. The molecule has 0 aliphatic heterocycles. The SMILES string of the molecule is CCOc1ccc(-c2csc(NC(=O)C(C)SC)n2)cc1. The molecule has 1 aromatic carbocycles. The van der Waals surface area contributed by atoms with Crippen molar-refractivity contribution in [3.8, 4) is 17.0 Å². The van der Waals surface area contributed by atoms with Gasteiger partial charge in [-0.15, -0.1) is 11.3 Å². The summed E-state index contributed by atoms with van der Waals surface area (Å²) < 4.78 is 5.42. The molecule has 1 heterocycles. The van der Waals surface area contributed by atoms with Gasteiger partial charge in [0.2, 0.25) is 5.91 Å². The first-order valence-electron chi connectivity index (χ1n) is 6.66. The maximum atomic E-state index is 11.8. The van der Waals surface area contributed by atoms with Gasteiger partial charge in [0.1, 0.15) is 5.75 Å². The van der Waals surface area contributed by atoms with Crippen LogP contribution in [0.3, 0.4) is 0 Å². The fourth-order valence-corrected chi connectivity index (χ4v) is 2.66. The third-order valence-corrected chi connectivity index (χ3v) is 4.60. The molecule has 0 aliphatic rings. The first-order chi connectivity index (χ1) is 10.1. The number of nitrogens with zero attached hydrogens (tertiary/aromatic N) is 1. The molecule has 0 radical (unpaired) electrons. The van der Waals surface area contributed by atoms with E-state index in [0.29, 0.717) is 11.7 Å². The van der Waals surface area contributed by atoms with Gasteiger partial charge in [0, 0.05) is 10.9 Å². The van der Waals surface area contributed by atoms with Crippen LogP contribution in [0.15, 0.2) is 29.6 Å². The Balaban J connectivity index is 2.07. The summed E-state index contributed by atoms with van der Waals surface area (Å²) in [4.78, 5) is 16.3. The van der Waals surface area contributed by atoms with Gasteiger partial charge >= 0.3 is 0 Å². The summed E-state index contributed by atoms with van der Waals surface area (Å²) in [6, 6.07) is 7.78. The Bertz CT molecular complexity index is 596. The zero-order valence-corrected chi connectivity index (χ0v) is 13.9. The van der Waals surface area contributed by atoms with E-state index in [1.807, 2.05) is 49.7 Å². The number of thiazole rings is 1. The van der Waals surface area contributed by atoms with Crippen LogP contribution in [-0.2, 0) is 4.79 Å². The molecule has 2 rings (SSSR count). The molecule has 0 fully saturated rings. The van der Waals surface area contributed by atoms with E-state index in [4.69, 9.17) is 4.74 Å². The summed E-state index contributed by atoms with van der Waals surface area (Å²) >= 11 is 2.94. The Hall–Kier alpha value is -1.53. The van der Waals surface area contributed by atoms with Crippen molar-refractivity contribution in [3.05, 3.63) is 29.6 Å². The molecule has 0 spiro atoms. The van der Waals surface area contributed by atoms with Gasteiger partial charge in [0.05, 0.1) is 17.6 Å². The Labute approximate surface area is 132 Å². The molecule has 0 aliphatic carbocycles. The number of carbonyl (C=O) groups is 1. The molecule has 6 heteroatoms. The van der Waals surface area contributed by atoms with Crippen molar-refractivity contribution in [1.29, 1.82) is 0 Å². The van der Waals surface area contributed by atoms with Crippen molar-refractivity contribution in [1.82, 2.24) is 4.98 Å². The largest absolute Gasteiger partial charge is 0.494 e. The normalized spacial score (nSPS) is 12.0. The van der Waals surface area contributed by atoms with Gasteiger partial charge in [-0.1, -0.05) is 0 Å². The van der Waals surface area contributed by atoms with Crippen molar-refractivity contribution in [2.45, 2.75) is 19.1 Å². The third-order valence-electron chi connectivity index (χ3n) is 2.92. The summed E-state index contributed by atoms with van der Waals surface area (Å²) in [5, 5.41) is 5.33. The minimum Gasteiger partial charge on any atom is -0.494 e. The van der Waals surface area contributed by atoms with Gasteiger partial charge in [0.25, 0.3) is 0 Å². The molecule has 0 bridgehead atoms. The summed E-state index contributed by atoms with van der Waals surface area (Å²) in [6.45, 7) is 4.49. The van der Waals surface area contributed by atoms with E-state index in [1.165, 1.54) is 23.1 Å². The van der Waals surface area contributed by atoms with Gasteiger partial charge in [-0.3, -0.25) is 4.79 Å². The molecule has 1 amide bonds. The quantitative estimate of drug-likeness (QED) is 0.876. The average Bonchev–Trinajstić information content (AvgIpc) is 2.96. The molecule has 0 saturated carbocycles. The minimum atomic E-state index is -0.0807. The van der Waals surface area contributed by atoms with Gasteiger partial charge in [0.15, 0.2) is 5.13 Å². The number of anilines is 1. The van der Waals surface area contributed by atoms with Crippen molar-refractivity contribution >= 4 is 34.1 Å². The summed E-state index contributed by atoms with van der Waals surface area (Å²) in [5.74, 6) is 0.828. The van der Waals surface area contributed by atoms with Crippen LogP contribution in [0, 0.1) is 0 Å². The molecule has 21 heavy (non-hydrogen) atoms. The number of hydrogen-bond donors (Lipinski definition) is 1. The summed E-state index contributed by atoms with van der Waals surface area (Å²) in [7, 11) is 0. The Morgan fingerprint density at radius 1 is 1.43 bits per heavy atom. The van der Waals surface area contributed by atoms with E-state index in [-0.39, 0.29) is 11.2 Å². The number of thioether (sulfide) groups is 1. The van der Waals surface area contributed by atoms with Crippen LogP contribution < -0.4 is 10.1 Å². The van der Waals surface area contributed by atoms with Crippen LogP contribution >= 0.6 is 23.1 Å². The van der Waals surface area contributed by atoms with Crippen LogP contribution in [0.5, 0.6) is 5.75 Å². The summed E-state index contributed by atoms with van der Waals surface area (Å²) in [6.07, 6.45) is 1.91. The molecule has 1 atom stereocenters. The molecular formula is C15H18N2O2S2. The highest BCUT2D eigenvalue weighted by Gasteiger charge is 2.13. The Morgan fingerprint density at radius 2 is 2.14 bits per heavy atom. The second kappa shape index (κ2) is 7.47. The number of benzene rings is 1. The van der Waals surface area contributed by atoms with E-state index < -0.39 is 0 Å². The van der Waals surface area contributed by atoms with Crippen molar-refractivity contribution in [2.24, 2.45) is 0 Å². The van der Waals surface area contributed by atoms with E-state index in [9.17, 15) is 4.79 Å². The van der Waals surface area contributed by atoms with Crippen molar-refractivity contribution in [2.75, 3.05) is 18.2 Å². The van der Waals surface area contributed by atoms with Gasteiger partial charge in [-0.05, 0) is 44.4 Å². The molecule has 2 aromatic rings.